The van der Waals surface area contributed by atoms with Crippen molar-refractivity contribution in [3.8, 4) is 0 Å². The van der Waals surface area contributed by atoms with Crippen LogP contribution in [0.4, 0.5) is 0 Å². The van der Waals surface area contributed by atoms with E-state index in [1.54, 1.807) is 0 Å². The number of benzene rings is 3. The predicted octanol–water partition coefficient (Wildman–Crippen LogP) is 4.43. The molecule has 0 atom stereocenters. The molecule has 0 aromatic heterocycles. The molecule has 0 amide bonds. The molecule has 0 saturated heterocycles. The molecule has 0 fully saturated rings. The number of rotatable bonds is 7. The largest absolute Gasteiger partial charge is 0.466 e. The van der Waals surface area contributed by atoms with Gasteiger partial charge in [-0.3, -0.25) is 0 Å². The molecule has 0 aliphatic rings. The minimum absolute atomic E-state index is 0.153. The molecule has 0 aliphatic carbocycles. The Labute approximate surface area is 183 Å². The van der Waals surface area contributed by atoms with Gasteiger partial charge in [-0.2, -0.15) is 0 Å². The van der Waals surface area contributed by atoms with Crippen LogP contribution in [0.15, 0.2) is 108 Å². The third-order valence-corrected chi connectivity index (χ3v) is 6.80. The van der Waals surface area contributed by atoms with E-state index in [1.807, 2.05) is 66.7 Å². The van der Waals surface area contributed by atoms with Gasteiger partial charge in [0.25, 0.3) is 0 Å². The van der Waals surface area contributed by atoms with Crippen molar-refractivity contribution in [1.29, 1.82) is 0 Å². The number of carbonyl (C=O) groups is 2. The normalized spacial score (nSPS) is 11.8. The first-order chi connectivity index (χ1) is 15.1. The molecule has 156 valence electrons. The Morgan fingerprint density at radius 3 is 1.65 bits per heavy atom. The standard InChI is InChI=1S/C26H23O4P/c1-29-25(27)18-23(26(28)30-2)24(20-12-6-3-7-13-20)19-31(21-14-8-4-9-15-21)22-16-10-5-11-17-22/h3-19H,1-2H3/b23-18-,24-19+. The summed E-state index contributed by atoms with van der Waals surface area (Å²) < 4.78 is 9.80. The van der Waals surface area contributed by atoms with E-state index in [9.17, 15) is 9.59 Å². The smallest absolute Gasteiger partial charge is 0.338 e. The first-order valence-corrected chi connectivity index (χ1v) is 11.1. The second kappa shape index (κ2) is 11.1. The summed E-state index contributed by atoms with van der Waals surface area (Å²) in [5, 5.41) is 2.25. The Kier molecular flexibility index (Phi) is 7.91. The lowest BCUT2D eigenvalue weighted by molar-refractivity contribution is -0.138. The summed E-state index contributed by atoms with van der Waals surface area (Å²) in [4.78, 5) is 24.8. The van der Waals surface area contributed by atoms with E-state index < -0.39 is 19.9 Å². The van der Waals surface area contributed by atoms with Gasteiger partial charge in [0.05, 0.1) is 19.8 Å². The van der Waals surface area contributed by atoms with Crippen LogP contribution < -0.4 is 10.6 Å². The summed E-state index contributed by atoms with van der Waals surface area (Å²) in [7, 11) is 1.61. The molecule has 3 aromatic carbocycles. The highest BCUT2D eigenvalue weighted by Gasteiger charge is 2.22. The lowest BCUT2D eigenvalue weighted by Crippen LogP contribution is -2.13. The summed E-state index contributed by atoms with van der Waals surface area (Å²) in [5.41, 5.74) is 1.58. The van der Waals surface area contributed by atoms with Gasteiger partial charge in [0.1, 0.15) is 0 Å². The molecule has 3 aromatic rings. The predicted molar refractivity (Wildman–Crippen MR) is 126 cm³/mol. The third-order valence-electron chi connectivity index (χ3n) is 4.57. The Morgan fingerprint density at radius 2 is 1.19 bits per heavy atom. The van der Waals surface area contributed by atoms with Crippen molar-refractivity contribution in [3.63, 3.8) is 0 Å². The monoisotopic (exact) mass is 430 g/mol. The van der Waals surface area contributed by atoms with Crippen LogP contribution in [-0.2, 0) is 19.1 Å². The second-order valence-electron chi connectivity index (χ2n) is 6.52. The molecule has 0 saturated carbocycles. The van der Waals surface area contributed by atoms with E-state index in [0.29, 0.717) is 5.57 Å². The molecule has 0 heterocycles. The topological polar surface area (TPSA) is 52.6 Å². The van der Waals surface area contributed by atoms with Crippen molar-refractivity contribution < 1.29 is 19.1 Å². The van der Waals surface area contributed by atoms with Crippen LogP contribution in [0.1, 0.15) is 5.56 Å². The highest BCUT2D eigenvalue weighted by molar-refractivity contribution is 7.76. The van der Waals surface area contributed by atoms with Crippen LogP contribution in [0.25, 0.3) is 5.57 Å². The SMILES string of the molecule is COC(=O)/C=C(C(=O)OC)/C(=C/P(c1ccccc1)c1ccccc1)c1ccccc1. The highest BCUT2D eigenvalue weighted by atomic mass is 31.1. The summed E-state index contributed by atoms with van der Waals surface area (Å²) in [6.07, 6.45) is 1.19. The van der Waals surface area contributed by atoms with Crippen LogP contribution in [0.3, 0.4) is 0 Å². The quantitative estimate of drug-likeness (QED) is 0.241. The maximum atomic E-state index is 12.7. The highest BCUT2D eigenvalue weighted by Crippen LogP contribution is 2.40. The Balaban J connectivity index is 2.27. The van der Waals surface area contributed by atoms with Gasteiger partial charge in [0.2, 0.25) is 0 Å². The molecule has 0 unspecified atom stereocenters. The molecular weight excluding hydrogens is 407 g/mol. The minimum atomic E-state index is -0.968. The van der Waals surface area contributed by atoms with Gasteiger partial charge in [-0.25, -0.2) is 9.59 Å². The molecule has 0 bridgehead atoms. The maximum absolute atomic E-state index is 12.7. The fourth-order valence-electron chi connectivity index (χ4n) is 3.06. The Hall–Kier alpha value is -3.49. The molecule has 0 radical (unpaired) electrons. The minimum Gasteiger partial charge on any atom is -0.466 e. The molecule has 0 N–H and O–H groups in total. The van der Waals surface area contributed by atoms with E-state index in [1.165, 1.54) is 20.3 Å². The maximum Gasteiger partial charge on any atom is 0.338 e. The Morgan fingerprint density at radius 1 is 0.710 bits per heavy atom. The van der Waals surface area contributed by atoms with Crippen LogP contribution in [0.5, 0.6) is 0 Å². The summed E-state index contributed by atoms with van der Waals surface area (Å²) in [5.74, 6) is 0.837. The van der Waals surface area contributed by atoms with Crippen LogP contribution in [0.2, 0.25) is 0 Å². The average molecular weight is 430 g/mol. The fourth-order valence-corrected chi connectivity index (χ4v) is 5.18. The van der Waals surface area contributed by atoms with Gasteiger partial charge < -0.3 is 9.47 Å². The first-order valence-electron chi connectivity index (χ1n) is 9.69. The molecule has 4 nitrogen and oxygen atoms in total. The lowest BCUT2D eigenvalue weighted by Gasteiger charge is -2.18. The van der Waals surface area contributed by atoms with E-state index >= 15 is 0 Å². The summed E-state index contributed by atoms with van der Waals surface area (Å²) >= 11 is 0. The van der Waals surface area contributed by atoms with Crippen molar-refractivity contribution in [2.45, 2.75) is 0 Å². The molecule has 5 heteroatoms. The van der Waals surface area contributed by atoms with Crippen molar-refractivity contribution >= 4 is 36.0 Å². The Bertz CT molecular complexity index is 1030. The van der Waals surface area contributed by atoms with Crippen LogP contribution in [-0.4, -0.2) is 26.2 Å². The van der Waals surface area contributed by atoms with Crippen molar-refractivity contribution in [2.24, 2.45) is 0 Å². The van der Waals surface area contributed by atoms with Gasteiger partial charge in [-0.05, 0) is 35.5 Å². The van der Waals surface area contributed by atoms with Crippen molar-refractivity contribution in [2.75, 3.05) is 14.2 Å². The summed E-state index contributed by atoms with van der Waals surface area (Å²) in [6.45, 7) is 0. The number of ether oxygens (including phenoxy) is 2. The van der Waals surface area contributed by atoms with Gasteiger partial charge >= 0.3 is 11.9 Å². The number of methoxy groups -OCH3 is 2. The number of carbonyl (C=O) groups excluding carboxylic acids is 2. The van der Waals surface area contributed by atoms with Gasteiger partial charge in [-0.15, -0.1) is 0 Å². The zero-order valence-electron chi connectivity index (χ0n) is 17.4. The van der Waals surface area contributed by atoms with E-state index in [0.717, 1.165) is 16.2 Å². The molecule has 0 aliphatic heterocycles. The average Bonchev–Trinajstić information content (AvgIpc) is 2.84. The molecular formula is C26H23O4P. The van der Waals surface area contributed by atoms with E-state index in [-0.39, 0.29) is 5.57 Å². The summed E-state index contributed by atoms with van der Waals surface area (Å²) in [6, 6.07) is 29.7. The lowest BCUT2D eigenvalue weighted by atomic mass is 9.99. The third kappa shape index (κ3) is 5.78. The number of hydrogen-bond acceptors (Lipinski definition) is 4. The first kappa shape index (κ1) is 22.2. The fraction of sp³-hybridized carbons (Fsp3) is 0.0769. The zero-order valence-corrected chi connectivity index (χ0v) is 18.3. The van der Waals surface area contributed by atoms with E-state index in [2.05, 4.69) is 30.1 Å². The van der Waals surface area contributed by atoms with Gasteiger partial charge in [0, 0.05) is 6.08 Å². The van der Waals surface area contributed by atoms with Crippen LogP contribution in [0, 0.1) is 0 Å². The van der Waals surface area contributed by atoms with Gasteiger partial charge in [-0.1, -0.05) is 91.0 Å². The number of esters is 2. The van der Waals surface area contributed by atoms with Gasteiger partial charge in [0.15, 0.2) is 0 Å². The number of hydrogen-bond donors (Lipinski definition) is 0. The molecule has 3 rings (SSSR count). The molecule has 0 spiro atoms. The zero-order chi connectivity index (χ0) is 22.1. The van der Waals surface area contributed by atoms with E-state index in [4.69, 9.17) is 9.47 Å². The van der Waals surface area contributed by atoms with Crippen LogP contribution >= 0.6 is 7.92 Å². The van der Waals surface area contributed by atoms with Crippen molar-refractivity contribution in [3.05, 3.63) is 114 Å². The second-order valence-corrected chi connectivity index (χ2v) is 8.55. The van der Waals surface area contributed by atoms with Crippen molar-refractivity contribution in [1.82, 2.24) is 0 Å². The molecule has 31 heavy (non-hydrogen) atoms.